The predicted octanol–water partition coefficient (Wildman–Crippen LogP) is 5.28. The number of hydrogen-bond donors (Lipinski definition) is 1. The molecule has 0 aliphatic rings. The molecule has 0 unspecified atom stereocenters. The van der Waals surface area contributed by atoms with E-state index in [-0.39, 0.29) is 5.92 Å². The van der Waals surface area contributed by atoms with Crippen LogP contribution in [0.25, 0.3) is 5.69 Å². The van der Waals surface area contributed by atoms with Gasteiger partial charge in [-0.1, -0.05) is 63.2 Å². The smallest absolute Gasteiger partial charge is 0.199 e. The van der Waals surface area contributed by atoms with Gasteiger partial charge in [0.1, 0.15) is 5.82 Å². The van der Waals surface area contributed by atoms with Gasteiger partial charge in [-0.05, 0) is 47.8 Å². The summed E-state index contributed by atoms with van der Waals surface area (Å²) < 4.78 is 2.64. The standard InChI is InChI=1S/C20H23N3S/c1-14(2)13-16-9-11-17(12-10-16)15(3)19-21-22-20(24)23(19)18-7-5-4-6-8-18/h4-12,14-15H,13H2,1-3H3,(H,22,24)/t15-/m0/s1. The maximum atomic E-state index is 5.44. The molecule has 0 bridgehead atoms. The maximum absolute atomic E-state index is 5.44. The molecular formula is C20H23N3S. The summed E-state index contributed by atoms with van der Waals surface area (Å²) in [6, 6.07) is 19.0. The van der Waals surface area contributed by atoms with Gasteiger partial charge in [0.25, 0.3) is 0 Å². The SMILES string of the molecule is CC(C)Cc1ccc([C@H](C)c2n[nH]c(=S)n2-c2ccccc2)cc1. The number of rotatable bonds is 5. The molecular weight excluding hydrogens is 314 g/mol. The highest BCUT2D eigenvalue weighted by Gasteiger charge is 2.17. The molecule has 1 atom stereocenters. The van der Waals surface area contributed by atoms with Gasteiger partial charge in [0.2, 0.25) is 0 Å². The molecule has 3 aromatic rings. The first kappa shape index (κ1) is 16.7. The van der Waals surface area contributed by atoms with Crippen molar-refractivity contribution in [2.45, 2.75) is 33.1 Å². The molecule has 0 fully saturated rings. The molecule has 124 valence electrons. The second kappa shape index (κ2) is 7.14. The van der Waals surface area contributed by atoms with E-state index in [0.717, 1.165) is 17.9 Å². The molecule has 4 heteroatoms. The summed E-state index contributed by atoms with van der Waals surface area (Å²) in [4.78, 5) is 0. The number of benzene rings is 2. The Bertz CT molecular complexity index is 845. The second-order valence-electron chi connectivity index (χ2n) is 6.62. The third kappa shape index (κ3) is 3.49. The fourth-order valence-electron chi connectivity index (χ4n) is 2.99. The molecule has 0 amide bonds. The van der Waals surface area contributed by atoms with Crippen LogP contribution in [0.1, 0.15) is 43.6 Å². The summed E-state index contributed by atoms with van der Waals surface area (Å²) in [6.45, 7) is 6.66. The summed E-state index contributed by atoms with van der Waals surface area (Å²) in [7, 11) is 0. The van der Waals surface area contributed by atoms with E-state index in [4.69, 9.17) is 12.2 Å². The number of nitrogens with one attached hydrogen (secondary N) is 1. The zero-order valence-corrected chi connectivity index (χ0v) is 15.2. The molecule has 0 aliphatic carbocycles. The predicted molar refractivity (Wildman–Crippen MR) is 101 cm³/mol. The molecule has 3 nitrogen and oxygen atoms in total. The quantitative estimate of drug-likeness (QED) is 0.643. The van der Waals surface area contributed by atoms with E-state index in [0.29, 0.717) is 10.7 Å². The summed E-state index contributed by atoms with van der Waals surface area (Å²) in [5.41, 5.74) is 3.66. The van der Waals surface area contributed by atoms with E-state index >= 15 is 0 Å². The van der Waals surface area contributed by atoms with Crippen molar-refractivity contribution in [2.75, 3.05) is 0 Å². The average Bonchev–Trinajstić information content (AvgIpc) is 2.97. The van der Waals surface area contributed by atoms with E-state index in [9.17, 15) is 0 Å². The minimum atomic E-state index is 0.159. The lowest BCUT2D eigenvalue weighted by Crippen LogP contribution is -2.07. The molecule has 24 heavy (non-hydrogen) atoms. The highest BCUT2D eigenvalue weighted by atomic mass is 32.1. The molecule has 0 aliphatic heterocycles. The van der Waals surface area contributed by atoms with Crippen molar-refractivity contribution < 1.29 is 0 Å². The van der Waals surface area contributed by atoms with Crippen LogP contribution < -0.4 is 0 Å². The summed E-state index contributed by atoms with van der Waals surface area (Å²) in [6.07, 6.45) is 1.11. The van der Waals surface area contributed by atoms with E-state index < -0.39 is 0 Å². The Balaban J connectivity index is 1.94. The number of aromatic amines is 1. The van der Waals surface area contributed by atoms with Gasteiger partial charge in [-0.15, -0.1) is 0 Å². The summed E-state index contributed by atoms with van der Waals surface area (Å²) >= 11 is 5.44. The molecule has 2 aromatic carbocycles. The van der Waals surface area contributed by atoms with Crippen LogP contribution in [0, 0.1) is 10.7 Å². The van der Waals surface area contributed by atoms with Crippen molar-refractivity contribution >= 4 is 12.2 Å². The van der Waals surface area contributed by atoms with Crippen molar-refractivity contribution in [3.05, 3.63) is 76.3 Å². The summed E-state index contributed by atoms with van der Waals surface area (Å²) in [5, 5.41) is 7.42. The van der Waals surface area contributed by atoms with Gasteiger partial charge in [-0.2, -0.15) is 5.10 Å². The third-order valence-corrected chi connectivity index (χ3v) is 4.50. The first-order valence-corrected chi connectivity index (χ1v) is 8.78. The Hall–Kier alpha value is -2.20. The van der Waals surface area contributed by atoms with Gasteiger partial charge >= 0.3 is 0 Å². The summed E-state index contributed by atoms with van der Waals surface area (Å²) in [5.74, 6) is 1.76. The van der Waals surface area contributed by atoms with Crippen LogP contribution in [-0.2, 0) is 6.42 Å². The maximum Gasteiger partial charge on any atom is 0.199 e. The molecule has 3 rings (SSSR count). The largest absolute Gasteiger partial charge is 0.272 e. The molecule has 1 aromatic heterocycles. The number of para-hydroxylation sites is 1. The molecule has 0 radical (unpaired) electrons. The van der Waals surface area contributed by atoms with Crippen molar-refractivity contribution in [2.24, 2.45) is 5.92 Å². The molecule has 1 heterocycles. The van der Waals surface area contributed by atoms with Crippen LogP contribution >= 0.6 is 12.2 Å². The Kier molecular flexibility index (Phi) is 4.95. The molecule has 0 saturated heterocycles. The fraction of sp³-hybridized carbons (Fsp3) is 0.300. The highest BCUT2D eigenvalue weighted by molar-refractivity contribution is 7.71. The number of hydrogen-bond acceptors (Lipinski definition) is 2. The lowest BCUT2D eigenvalue weighted by molar-refractivity contribution is 0.647. The Morgan fingerprint density at radius 1 is 1.00 bits per heavy atom. The minimum Gasteiger partial charge on any atom is -0.272 e. The fourth-order valence-corrected chi connectivity index (χ4v) is 3.23. The van der Waals surface area contributed by atoms with Crippen LogP contribution in [0.15, 0.2) is 54.6 Å². The van der Waals surface area contributed by atoms with Crippen LogP contribution in [0.3, 0.4) is 0 Å². The zero-order valence-electron chi connectivity index (χ0n) is 14.4. The first-order valence-electron chi connectivity index (χ1n) is 8.38. The van der Waals surface area contributed by atoms with E-state index in [1.807, 2.05) is 34.9 Å². The van der Waals surface area contributed by atoms with Crippen LogP contribution in [0.4, 0.5) is 0 Å². The van der Waals surface area contributed by atoms with Crippen LogP contribution in [-0.4, -0.2) is 14.8 Å². The van der Waals surface area contributed by atoms with E-state index in [1.54, 1.807) is 0 Å². The van der Waals surface area contributed by atoms with Crippen molar-refractivity contribution in [3.8, 4) is 5.69 Å². The lowest BCUT2D eigenvalue weighted by Gasteiger charge is -2.14. The highest BCUT2D eigenvalue weighted by Crippen LogP contribution is 2.25. The Morgan fingerprint density at radius 3 is 2.29 bits per heavy atom. The minimum absolute atomic E-state index is 0.159. The van der Waals surface area contributed by atoms with Crippen molar-refractivity contribution in [3.63, 3.8) is 0 Å². The number of aromatic nitrogens is 3. The van der Waals surface area contributed by atoms with Crippen molar-refractivity contribution in [1.82, 2.24) is 14.8 Å². The third-order valence-electron chi connectivity index (χ3n) is 4.22. The topological polar surface area (TPSA) is 33.6 Å². The van der Waals surface area contributed by atoms with Gasteiger partial charge in [0.15, 0.2) is 4.77 Å². The van der Waals surface area contributed by atoms with Crippen LogP contribution in [0.5, 0.6) is 0 Å². The van der Waals surface area contributed by atoms with Gasteiger partial charge in [0, 0.05) is 11.6 Å². The number of H-pyrrole nitrogens is 1. The number of nitrogens with zero attached hydrogens (tertiary/aromatic N) is 2. The molecule has 1 N–H and O–H groups in total. The van der Waals surface area contributed by atoms with Crippen LogP contribution in [0.2, 0.25) is 0 Å². The molecule has 0 saturated carbocycles. The van der Waals surface area contributed by atoms with E-state index in [1.165, 1.54) is 11.1 Å². The van der Waals surface area contributed by atoms with Gasteiger partial charge in [0.05, 0.1) is 0 Å². The van der Waals surface area contributed by atoms with Gasteiger partial charge < -0.3 is 0 Å². The Morgan fingerprint density at radius 2 is 1.67 bits per heavy atom. The molecule has 0 spiro atoms. The monoisotopic (exact) mass is 337 g/mol. The van der Waals surface area contributed by atoms with E-state index in [2.05, 4.69) is 55.2 Å². The normalized spacial score (nSPS) is 12.5. The van der Waals surface area contributed by atoms with Gasteiger partial charge in [-0.25, -0.2) is 0 Å². The average molecular weight is 337 g/mol. The first-order chi connectivity index (χ1) is 11.6. The van der Waals surface area contributed by atoms with Crippen molar-refractivity contribution in [1.29, 1.82) is 0 Å². The van der Waals surface area contributed by atoms with Gasteiger partial charge in [-0.3, -0.25) is 9.67 Å². The Labute approximate surface area is 148 Å². The zero-order chi connectivity index (χ0) is 17.1. The second-order valence-corrected chi connectivity index (χ2v) is 7.01. The lowest BCUT2D eigenvalue weighted by atomic mass is 9.96.